The molecular formula is C23H32O6. The first-order valence-electron chi connectivity index (χ1n) is 10.7. The summed E-state index contributed by atoms with van der Waals surface area (Å²) in [4.78, 5) is 37.9. The molecule has 0 saturated heterocycles. The highest BCUT2D eigenvalue weighted by Crippen LogP contribution is 2.64. The third kappa shape index (κ3) is 2.85. The molecule has 6 nitrogen and oxygen atoms in total. The summed E-state index contributed by atoms with van der Waals surface area (Å²) < 4.78 is 17.8. The fraction of sp³-hybridized carbons (Fsp3) is 0.783. The number of hydrogen-bond acceptors (Lipinski definition) is 6. The lowest BCUT2D eigenvalue weighted by Gasteiger charge is -2.63. The Morgan fingerprint density at radius 2 is 1.76 bits per heavy atom. The summed E-state index contributed by atoms with van der Waals surface area (Å²) in [5, 5.41) is 0. The largest absolute Gasteiger partial charge is 0.462 e. The molecule has 2 saturated carbocycles. The second-order valence-electron chi connectivity index (χ2n) is 10.4. The molecule has 2 fully saturated rings. The van der Waals surface area contributed by atoms with Gasteiger partial charge in [0, 0.05) is 36.5 Å². The molecule has 0 N–H and O–H groups in total. The van der Waals surface area contributed by atoms with E-state index in [1.165, 1.54) is 6.92 Å². The number of fused-ring (bicyclic) bond motifs is 3. The molecule has 0 spiro atoms. The van der Waals surface area contributed by atoms with Crippen LogP contribution in [0.1, 0.15) is 73.6 Å². The van der Waals surface area contributed by atoms with Crippen molar-refractivity contribution in [1.29, 1.82) is 0 Å². The molecule has 0 aromatic carbocycles. The normalized spacial score (nSPS) is 43.4. The SMILES string of the molecule is CC(=O)O[C@H]1CC(=O)[C@]2(C)[C@H](CC[C@@]3(C)OC4=C(C[C@@H]23)C(=O)C[C@@H](C)O4)C1(C)C. The summed E-state index contributed by atoms with van der Waals surface area (Å²) >= 11 is 0. The van der Waals surface area contributed by atoms with Crippen LogP contribution >= 0.6 is 0 Å². The molecule has 2 aliphatic carbocycles. The van der Waals surface area contributed by atoms with Gasteiger partial charge in [0.1, 0.15) is 23.6 Å². The van der Waals surface area contributed by atoms with Gasteiger partial charge in [-0.25, -0.2) is 0 Å². The smallest absolute Gasteiger partial charge is 0.302 e. The topological polar surface area (TPSA) is 78.9 Å². The van der Waals surface area contributed by atoms with Crippen molar-refractivity contribution in [3.8, 4) is 0 Å². The van der Waals surface area contributed by atoms with Gasteiger partial charge >= 0.3 is 5.97 Å². The maximum absolute atomic E-state index is 13.5. The third-order valence-electron chi connectivity index (χ3n) is 8.22. The number of hydrogen-bond donors (Lipinski definition) is 0. The van der Waals surface area contributed by atoms with Crippen molar-refractivity contribution >= 4 is 17.5 Å². The molecule has 2 heterocycles. The number of rotatable bonds is 1. The molecule has 6 heteroatoms. The van der Waals surface area contributed by atoms with Crippen LogP contribution in [-0.2, 0) is 28.6 Å². The van der Waals surface area contributed by atoms with E-state index in [1.807, 2.05) is 13.8 Å². The zero-order valence-electron chi connectivity index (χ0n) is 18.3. The van der Waals surface area contributed by atoms with Gasteiger partial charge in [0.25, 0.3) is 5.95 Å². The first kappa shape index (κ1) is 20.4. The van der Waals surface area contributed by atoms with Crippen molar-refractivity contribution in [2.45, 2.75) is 91.5 Å². The number of ketones is 2. The Bertz CT molecular complexity index is 810. The van der Waals surface area contributed by atoms with Crippen LogP contribution in [0, 0.1) is 22.7 Å². The maximum Gasteiger partial charge on any atom is 0.302 e. The lowest BCUT2D eigenvalue weighted by atomic mass is 9.43. The van der Waals surface area contributed by atoms with E-state index < -0.39 is 17.1 Å². The van der Waals surface area contributed by atoms with Crippen LogP contribution in [0.15, 0.2) is 11.5 Å². The van der Waals surface area contributed by atoms with Gasteiger partial charge in [-0.2, -0.15) is 0 Å². The first-order valence-corrected chi connectivity index (χ1v) is 10.7. The van der Waals surface area contributed by atoms with E-state index in [0.29, 0.717) is 24.4 Å². The predicted molar refractivity (Wildman–Crippen MR) is 105 cm³/mol. The minimum absolute atomic E-state index is 0.0444. The van der Waals surface area contributed by atoms with Crippen molar-refractivity contribution < 1.29 is 28.6 Å². The minimum Gasteiger partial charge on any atom is -0.462 e. The van der Waals surface area contributed by atoms with Crippen LogP contribution in [0.25, 0.3) is 0 Å². The fourth-order valence-electron chi connectivity index (χ4n) is 6.63. The average molecular weight is 405 g/mol. The quantitative estimate of drug-likeness (QED) is 0.620. The Morgan fingerprint density at radius 3 is 2.41 bits per heavy atom. The number of ether oxygens (including phenoxy) is 3. The Hall–Kier alpha value is -1.85. The van der Waals surface area contributed by atoms with Crippen molar-refractivity contribution in [2.75, 3.05) is 0 Å². The summed E-state index contributed by atoms with van der Waals surface area (Å²) in [6, 6.07) is 0. The zero-order chi connectivity index (χ0) is 21.4. The lowest BCUT2D eigenvalue weighted by molar-refractivity contribution is -0.224. The molecule has 0 radical (unpaired) electrons. The van der Waals surface area contributed by atoms with Crippen LogP contribution < -0.4 is 0 Å². The predicted octanol–water partition coefficient (Wildman–Crippen LogP) is 3.72. The van der Waals surface area contributed by atoms with E-state index in [2.05, 4.69) is 20.8 Å². The van der Waals surface area contributed by atoms with E-state index in [4.69, 9.17) is 14.2 Å². The van der Waals surface area contributed by atoms with Crippen LogP contribution in [0.5, 0.6) is 0 Å². The number of Topliss-reactive ketones (excluding diaryl/α,β-unsaturated/α-hetero) is 2. The zero-order valence-corrected chi connectivity index (χ0v) is 18.3. The summed E-state index contributed by atoms with van der Waals surface area (Å²) in [6.45, 7) is 11.6. The Morgan fingerprint density at radius 1 is 1.07 bits per heavy atom. The van der Waals surface area contributed by atoms with Gasteiger partial charge in [-0.1, -0.05) is 20.8 Å². The second-order valence-corrected chi connectivity index (χ2v) is 10.4. The molecular weight excluding hydrogens is 372 g/mol. The summed E-state index contributed by atoms with van der Waals surface area (Å²) in [7, 11) is 0. The highest BCUT2D eigenvalue weighted by Gasteiger charge is 2.67. The van der Waals surface area contributed by atoms with Crippen molar-refractivity contribution in [3.63, 3.8) is 0 Å². The van der Waals surface area contributed by atoms with Gasteiger partial charge in [-0.05, 0) is 39.0 Å². The number of allylic oxidation sites excluding steroid dienone is 1. The van der Waals surface area contributed by atoms with Crippen LogP contribution in [0.2, 0.25) is 0 Å². The number of carbonyl (C=O) groups excluding carboxylic acids is 3. The van der Waals surface area contributed by atoms with Crippen molar-refractivity contribution in [1.82, 2.24) is 0 Å². The highest BCUT2D eigenvalue weighted by molar-refractivity contribution is 5.97. The van der Waals surface area contributed by atoms with Gasteiger partial charge < -0.3 is 14.2 Å². The van der Waals surface area contributed by atoms with Crippen LogP contribution in [-0.4, -0.2) is 35.3 Å². The third-order valence-corrected chi connectivity index (χ3v) is 8.22. The van der Waals surface area contributed by atoms with Crippen molar-refractivity contribution in [3.05, 3.63) is 11.5 Å². The van der Waals surface area contributed by atoms with Gasteiger partial charge in [0.05, 0.1) is 5.57 Å². The number of carbonyl (C=O) groups is 3. The lowest BCUT2D eigenvalue weighted by Crippen LogP contribution is -2.66. The standard InChI is InChI=1S/C23H32O6/c1-12-9-15(25)14-10-17-22(5,29-20(14)27-12)8-7-16-21(3,4)19(28-13(2)24)11-18(26)23(16,17)6/h12,16-17,19H,7-11H2,1-6H3/t12-,16-,17-,19+,22-,23-/m1/s1. The van der Waals surface area contributed by atoms with E-state index in [1.54, 1.807) is 0 Å². The summed E-state index contributed by atoms with van der Waals surface area (Å²) in [5.41, 5.74) is -0.942. The van der Waals surface area contributed by atoms with Crippen LogP contribution in [0.3, 0.4) is 0 Å². The summed E-state index contributed by atoms with van der Waals surface area (Å²) in [5.74, 6) is 0.118. The van der Waals surface area contributed by atoms with E-state index in [-0.39, 0.29) is 47.3 Å². The van der Waals surface area contributed by atoms with E-state index in [9.17, 15) is 14.4 Å². The monoisotopic (exact) mass is 404 g/mol. The van der Waals surface area contributed by atoms with Gasteiger partial charge in [0.15, 0.2) is 5.78 Å². The Labute approximate surface area is 172 Å². The fourth-order valence-corrected chi connectivity index (χ4v) is 6.63. The molecule has 6 atom stereocenters. The first-order chi connectivity index (χ1) is 13.4. The van der Waals surface area contributed by atoms with Gasteiger partial charge in [-0.3, -0.25) is 14.4 Å². The highest BCUT2D eigenvalue weighted by atomic mass is 16.7. The van der Waals surface area contributed by atoms with Crippen LogP contribution in [0.4, 0.5) is 0 Å². The van der Waals surface area contributed by atoms with Crippen molar-refractivity contribution in [2.24, 2.45) is 22.7 Å². The minimum atomic E-state index is -0.644. The second kappa shape index (κ2) is 6.32. The van der Waals surface area contributed by atoms with E-state index in [0.717, 1.165) is 12.8 Å². The molecule has 2 aliphatic heterocycles. The molecule has 0 unspecified atom stereocenters. The van der Waals surface area contributed by atoms with Gasteiger partial charge in [-0.15, -0.1) is 0 Å². The van der Waals surface area contributed by atoms with Gasteiger partial charge in [0.2, 0.25) is 0 Å². The Balaban J connectivity index is 1.74. The Kier molecular flexibility index (Phi) is 4.45. The molecule has 0 bridgehead atoms. The maximum atomic E-state index is 13.5. The average Bonchev–Trinajstić information content (AvgIpc) is 2.57. The number of esters is 1. The molecule has 4 aliphatic rings. The molecule has 0 aromatic rings. The summed E-state index contributed by atoms with van der Waals surface area (Å²) in [6.07, 6.45) is 2.02. The molecule has 4 rings (SSSR count). The molecule has 0 aromatic heterocycles. The molecule has 160 valence electrons. The molecule has 29 heavy (non-hydrogen) atoms. The molecule has 0 amide bonds. The van der Waals surface area contributed by atoms with E-state index >= 15 is 0 Å².